The summed E-state index contributed by atoms with van der Waals surface area (Å²) in [6, 6.07) is 12.7. The van der Waals surface area contributed by atoms with Crippen LogP contribution >= 0.6 is 15.9 Å². The Labute approximate surface area is 114 Å². The van der Waals surface area contributed by atoms with Crippen molar-refractivity contribution in [2.75, 3.05) is 5.43 Å². The molecule has 0 bridgehead atoms. The molecular weight excluding hydrogens is 295 g/mol. The molecule has 0 heterocycles. The molecule has 0 spiro atoms. The van der Waals surface area contributed by atoms with E-state index < -0.39 is 0 Å². The van der Waals surface area contributed by atoms with E-state index in [-0.39, 0.29) is 5.82 Å². The van der Waals surface area contributed by atoms with Gasteiger partial charge >= 0.3 is 0 Å². The molecule has 2 nitrogen and oxygen atoms in total. The molecule has 2 aromatic carbocycles. The number of nitrogens with zero attached hydrogens (tertiary/aromatic N) is 1. The number of halogens is 2. The van der Waals surface area contributed by atoms with E-state index in [1.54, 1.807) is 18.3 Å². The molecule has 0 saturated carbocycles. The standard InChI is InChI=1S/C14H12BrFN2/c1-10-2-5-12(6-3-10)18-17-9-11-4-7-14(16)13(15)8-11/h2-9,18H,1H3/b17-9-. The van der Waals surface area contributed by atoms with Gasteiger partial charge in [0.2, 0.25) is 0 Å². The van der Waals surface area contributed by atoms with Gasteiger partial charge < -0.3 is 0 Å². The van der Waals surface area contributed by atoms with E-state index in [0.29, 0.717) is 4.47 Å². The Balaban J connectivity index is 2.02. The van der Waals surface area contributed by atoms with Gasteiger partial charge in [0.25, 0.3) is 0 Å². The lowest BCUT2D eigenvalue weighted by atomic mass is 10.2. The second-order valence-electron chi connectivity index (χ2n) is 3.91. The molecule has 0 aliphatic rings. The maximum Gasteiger partial charge on any atom is 0.137 e. The minimum atomic E-state index is -0.279. The third kappa shape index (κ3) is 3.40. The quantitative estimate of drug-likeness (QED) is 0.662. The van der Waals surface area contributed by atoms with Crippen LogP contribution in [0.25, 0.3) is 0 Å². The highest BCUT2D eigenvalue weighted by Gasteiger charge is 1.98. The maximum atomic E-state index is 13.0. The highest BCUT2D eigenvalue weighted by atomic mass is 79.9. The first-order valence-corrected chi connectivity index (χ1v) is 6.25. The van der Waals surface area contributed by atoms with Crippen molar-refractivity contribution in [1.82, 2.24) is 0 Å². The molecule has 0 aliphatic heterocycles. The van der Waals surface area contributed by atoms with Gasteiger partial charge in [-0.3, -0.25) is 5.43 Å². The van der Waals surface area contributed by atoms with Crippen LogP contribution in [0.2, 0.25) is 0 Å². The molecule has 2 rings (SSSR count). The third-order valence-electron chi connectivity index (χ3n) is 2.40. The SMILES string of the molecule is Cc1ccc(N/N=C\c2ccc(F)c(Br)c2)cc1. The summed E-state index contributed by atoms with van der Waals surface area (Å²) in [7, 11) is 0. The smallest absolute Gasteiger partial charge is 0.137 e. The molecule has 18 heavy (non-hydrogen) atoms. The van der Waals surface area contributed by atoms with Crippen molar-refractivity contribution in [2.24, 2.45) is 5.10 Å². The van der Waals surface area contributed by atoms with E-state index >= 15 is 0 Å². The molecule has 0 aromatic heterocycles. The summed E-state index contributed by atoms with van der Waals surface area (Å²) in [5.41, 5.74) is 5.85. The van der Waals surface area contributed by atoms with Gasteiger partial charge in [-0.25, -0.2) is 4.39 Å². The van der Waals surface area contributed by atoms with E-state index in [2.05, 4.69) is 26.5 Å². The van der Waals surface area contributed by atoms with Gasteiger partial charge in [0.15, 0.2) is 0 Å². The minimum absolute atomic E-state index is 0.279. The van der Waals surface area contributed by atoms with Gasteiger partial charge in [-0.15, -0.1) is 0 Å². The summed E-state index contributed by atoms with van der Waals surface area (Å²) in [5.74, 6) is -0.279. The zero-order valence-electron chi connectivity index (χ0n) is 9.82. The topological polar surface area (TPSA) is 24.4 Å². The Bertz CT molecular complexity index is 565. The molecule has 0 atom stereocenters. The Kier molecular flexibility index (Phi) is 4.10. The Hall–Kier alpha value is -1.68. The van der Waals surface area contributed by atoms with Gasteiger partial charge in [-0.2, -0.15) is 5.10 Å². The van der Waals surface area contributed by atoms with Gasteiger partial charge in [0, 0.05) is 0 Å². The van der Waals surface area contributed by atoms with Crippen LogP contribution in [0, 0.1) is 12.7 Å². The lowest BCUT2D eigenvalue weighted by molar-refractivity contribution is 0.621. The van der Waals surface area contributed by atoms with Crippen LogP contribution in [0.5, 0.6) is 0 Å². The van der Waals surface area contributed by atoms with E-state index in [1.165, 1.54) is 11.6 Å². The van der Waals surface area contributed by atoms with Crippen molar-refractivity contribution >= 4 is 27.8 Å². The highest BCUT2D eigenvalue weighted by Crippen LogP contribution is 2.16. The molecule has 2 aromatic rings. The van der Waals surface area contributed by atoms with E-state index in [4.69, 9.17) is 0 Å². The number of hydrogen-bond donors (Lipinski definition) is 1. The van der Waals surface area contributed by atoms with E-state index in [1.807, 2.05) is 31.2 Å². The summed E-state index contributed by atoms with van der Waals surface area (Å²) >= 11 is 3.13. The second-order valence-corrected chi connectivity index (χ2v) is 4.76. The highest BCUT2D eigenvalue weighted by molar-refractivity contribution is 9.10. The van der Waals surface area contributed by atoms with Crippen LogP contribution in [0.15, 0.2) is 52.0 Å². The first-order valence-electron chi connectivity index (χ1n) is 5.46. The molecular formula is C14H12BrFN2. The van der Waals surface area contributed by atoms with Crippen LogP contribution in [-0.2, 0) is 0 Å². The maximum absolute atomic E-state index is 13.0. The van der Waals surface area contributed by atoms with Crippen LogP contribution in [-0.4, -0.2) is 6.21 Å². The van der Waals surface area contributed by atoms with Crippen molar-refractivity contribution in [3.8, 4) is 0 Å². The average molecular weight is 307 g/mol. The third-order valence-corrected chi connectivity index (χ3v) is 3.01. The first-order chi connectivity index (χ1) is 8.65. The second kappa shape index (κ2) is 5.78. The summed E-state index contributed by atoms with van der Waals surface area (Å²) in [6.07, 6.45) is 1.64. The van der Waals surface area contributed by atoms with Crippen LogP contribution < -0.4 is 5.43 Å². The number of benzene rings is 2. The molecule has 0 amide bonds. The van der Waals surface area contributed by atoms with Crippen molar-refractivity contribution in [3.63, 3.8) is 0 Å². The summed E-state index contributed by atoms with van der Waals surface area (Å²) in [6.45, 7) is 2.03. The van der Waals surface area contributed by atoms with Crippen molar-refractivity contribution in [1.29, 1.82) is 0 Å². The molecule has 0 fully saturated rings. The van der Waals surface area contributed by atoms with Gasteiger partial charge in [0.05, 0.1) is 16.4 Å². The predicted octanol–water partition coefficient (Wildman–Crippen LogP) is 4.34. The van der Waals surface area contributed by atoms with E-state index in [9.17, 15) is 4.39 Å². The van der Waals surface area contributed by atoms with Crippen molar-refractivity contribution in [3.05, 3.63) is 63.9 Å². The van der Waals surface area contributed by atoms with Gasteiger partial charge in [-0.05, 0) is 52.7 Å². The summed E-state index contributed by atoms with van der Waals surface area (Å²) in [5, 5.41) is 4.09. The number of hydrazone groups is 1. The van der Waals surface area contributed by atoms with E-state index in [0.717, 1.165) is 11.3 Å². The normalized spacial score (nSPS) is 10.8. The fourth-order valence-corrected chi connectivity index (χ4v) is 1.80. The van der Waals surface area contributed by atoms with Crippen molar-refractivity contribution in [2.45, 2.75) is 6.92 Å². The monoisotopic (exact) mass is 306 g/mol. The average Bonchev–Trinajstić information content (AvgIpc) is 2.36. The predicted molar refractivity (Wildman–Crippen MR) is 76.5 cm³/mol. The Morgan fingerprint density at radius 1 is 1.17 bits per heavy atom. The van der Waals surface area contributed by atoms with Crippen LogP contribution in [0.3, 0.4) is 0 Å². The minimum Gasteiger partial charge on any atom is -0.279 e. The number of nitrogens with one attached hydrogen (secondary N) is 1. The fourth-order valence-electron chi connectivity index (χ4n) is 1.40. The summed E-state index contributed by atoms with van der Waals surface area (Å²) < 4.78 is 13.4. The number of rotatable bonds is 3. The zero-order chi connectivity index (χ0) is 13.0. The molecule has 4 heteroatoms. The lowest BCUT2D eigenvalue weighted by Gasteiger charge is -2.00. The Morgan fingerprint density at radius 3 is 2.56 bits per heavy atom. The van der Waals surface area contributed by atoms with Crippen molar-refractivity contribution < 1.29 is 4.39 Å². The zero-order valence-corrected chi connectivity index (χ0v) is 11.4. The Morgan fingerprint density at radius 2 is 1.89 bits per heavy atom. The van der Waals surface area contributed by atoms with Crippen LogP contribution in [0.1, 0.15) is 11.1 Å². The molecule has 0 aliphatic carbocycles. The summed E-state index contributed by atoms with van der Waals surface area (Å²) in [4.78, 5) is 0. The van der Waals surface area contributed by atoms with Gasteiger partial charge in [0.1, 0.15) is 5.82 Å². The largest absolute Gasteiger partial charge is 0.279 e. The molecule has 0 unspecified atom stereocenters. The molecule has 0 radical (unpaired) electrons. The molecule has 0 saturated heterocycles. The molecule has 92 valence electrons. The van der Waals surface area contributed by atoms with Gasteiger partial charge in [-0.1, -0.05) is 23.8 Å². The van der Waals surface area contributed by atoms with Crippen LogP contribution in [0.4, 0.5) is 10.1 Å². The number of anilines is 1. The fraction of sp³-hybridized carbons (Fsp3) is 0.0714. The number of aryl methyl sites for hydroxylation is 1. The molecule has 1 N–H and O–H groups in total. The lowest BCUT2D eigenvalue weighted by Crippen LogP contribution is -1.91. The first kappa shape index (κ1) is 12.8. The number of hydrogen-bond acceptors (Lipinski definition) is 2.